The van der Waals surface area contributed by atoms with E-state index in [2.05, 4.69) is 9.88 Å². The van der Waals surface area contributed by atoms with Crippen LogP contribution < -0.4 is 4.74 Å². The molecule has 1 fully saturated rings. The Bertz CT molecular complexity index is 777. The van der Waals surface area contributed by atoms with Crippen molar-refractivity contribution in [1.82, 2.24) is 19.4 Å². The zero-order chi connectivity index (χ0) is 19.4. The van der Waals surface area contributed by atoms with Crippen molar-refractivity contribution < 1.29 is 13.9 Å². The molecule has 1 aliphatic heterocycles. The topological polar surface area (TPSA) is 50.6 Å². The predicted molar refractivity (Wildman–Crippen MR) is 101 cm³/mol. The number of ether oxygens (including phenoxy) is 1. The molecule has 0 N–H and O–H groups in total. The number of benzene rings is 1. The van der Waals surface area contributed by atoms with Crippen LogP contribution in [0.15, 0.2) is 36.7 Å². The number of hydrogen-bond acceptors (Lipinski definition) is 4. The minimum atomic E-state index is -0.312. The number of aromatic nitrogens is 2. The minimum Gasteiger partial charge on any atom is -0.493 e. The normalized spacial score (nSPS) is 20.4. The van der Waals surface area contributed by atoms with Crippen molar-refractivity contribution in [2.75, 3.05) is 33.8 Å². The van der Waals surface area contributed by atoms with Crippen LogP contribution in [0.4, 0.5) is 4.39 Å². The van der Waals surface area contributed by atoms with E-state index >= 15 is 0 Å². The fraction of sp³-hybridized carbons (Fsp3) is 0.500. The number of amides is 1. The molecular formula is C20H27FN4O2. The minimum absolute atomic E-state index is 0.0740. The van der Waals surface area contributed by atoms with Gasteiger partial charge in [-0.3, -0.25) is 9.69 Å². The number of rotatable bonds is 6. The van der Waals surface area contributed by atoms with Crippen LogP contribution in [0, 0.1) is 17.7 Å². The molecule has 7 heteroatoms. The lowest BCUT2D eigenvalue weighted by Crippen LogP contribution is -2.47. The summed E-state index contributed by atoms with van der Waals surface area (Å²) < 4.78 is 21.2. The molecule has 2 atom stereocenters. The Morgan fingerprint density at radius 1 is 1.37 bits per heavy atom. The van der Waals surface area contributed by atoms with Crippen LogP contribution in [-0.4, -0.2) is 59.0 Å². The van der Waals surface area contributed by atoms with E-state index in [9.17, 15) is 9.18 Å². The Hall–Kier alpha value is -2.41. The van der Waals surface area contributed by atoms with Gasteiger partial charge >= 0.3 is 0 Å². The van der Waals surface area contributed by atoms with E-state index in [1.165, 1.54) is 12.1 Å². The van der Waals surface area contributed by atoms with Crippen molar-refractivity contribution in [1.29, 1.82) is 0 Å². The van der Waals surface area contributed by atoms with Gasteiger partial charge < -0.3 is 14.2 Å². The van der Waals surface area contributed by atoms with Crippen molar-refractivity contribution in [3.8, 4) is 5.75 Å². The second-order valence-electron chi connectivity index (χ2n) is 7.45. The number of carbonyl (C=O) groups is 1. The molecular weight excluding hydrogens is 347 g/mol. The largest absolute Gasteiger partial charge is 0.493 e. The monoisotopic (exact) mass is 374 g/mol. The third-order valence-corrected chi connectivity index (χ3v) is 4.97. The second kappa shape index (κ2) is 8.52. The van der Waals surface area contributed by atoms with Gasteiger partial charge in [-0.05, 0) is 18.6 Å². The average molecular weight is 374 g/mol. The summed E-state index contributed by atoms with van der Waals surface area (Å²) in [6.45, 7) is 2.68. The molecule has 0 saturated carbocycles. The number of piperidine rings is 1. The molecule has 0 spiro atoms. The number of nitrogens with zero attached hydrogens (tertiary/aromatic N) is 4. The summed E-state index contributed by atoms with van der Waals surface area (Å²) in [7, 11) is 5.55. The first-order chi connectivity index (χ1) is 12.9. The van der Waals surface area contributed by atoms with Crippen LogP contribution in [-0.2, 0) is 18.4 Å². The van der Waals surface area contributed by atoms with Crippen LogP contribution in [0.1, 0.15) is 12.2 Å². The summed E-state index contributed by atoms with van der Waals surface area (Å²) in [6.07, 6.45) is 4.47. The molecule has 1 aliphatic rings. The van der Waals surface area contributed by atoms with Crippen molar-refractivity contribution in [3.63, 3.8) is 0 Å². The maximum absolute atomic E-state index is 13.4. The molecule has 1 aromatic carbocycles. The number of hydrogen-bond donors (Lipinski definition) is 0. The van der Waals surface area contributed by atoms with Gasteiger partial charge in [0.15, 0.2) is 0 Å². The quantitative estimate of drug-likeness (QED) is 0.778. The van der Waals surface area contributed by atoms with Gasteiger partial charge in [-0.1, -0.05) is 6.07 Å². The molecule has 0 bridgehead atoms. The molecule has 3 rings (SSSR count). The molecule has 2 aromatic rings. The van der Waals surface area contributed by atoms with Gasteiger partial charge in [-0.2, -0.15) is 0 Å². The van der Waals surface area contributed by atoms with Crippen LogP contribution >= 0.6 is 0 Å². The lowest BCUT2D eigenvalue weighted by molar-refractivity contribution is -0.135. The lowest BCUT2D eigenvalue weighted by Gasteiger charge is -2.37. The first kappa shape index (κ1) is 19.4. The van der Waals surface area contributed by atoms with Crippen molar-refractivity contribution in [2.24, 2.45) is 18.9 Å². The van der Waals surface area contributed by atoms with Gasteiger partial charge in [-0.25, -0.2) is 9.37 Å². The molecule has 146 valence electrons. The zero-order valence-corrected chi connectivity index (χ0v) is 16.1. The molecule has 1 amide bonds. The van der Waals surface area contributed by atoms with Crippen molar-refractivity contribution >= 4 is 5.91 Å². The highest BCUT2D eigenvalue weighted by atomic mass is 19.1. The summed E-state index contributed by atoms with van der Waals surface area (Å²) in [4.78, 5) is 20.9. The van der Waals surface area contributed by atoms with E-state index in [0.29, 0.717) is 25.4 Å². The first-order valence-corrected chi connectivity index (χ1v) is 9.20. The van der Waals surface area contributed by atoms with E-state index < -0.39 is 0 Å². The summed E-state index contributed by atoms with van der Waals surface area (Å²) in [6, 6.07) is 6.17. The second-order valence-corrected chi connectivity index (χ2v) is 7.45. The average Bonchev–Trinajstić information content (AvgIpc) is 3.04. The van der Waals surface area contributed by atoms with Crippen LogP contribution in [0.3, 0.4) is 0 Å². The van der Waals surface area contributed by atoms with Crippen molar-refractivity contribution in [3.05, 3.63) is 48.3 Å². The fourth-order valence-electron chi connectivity index (χ4n) is 3.62. The third kappa shape index (κ3) is 5.07. The molecule has 6 nitrogen and oxygen atoms in total. The molecule has 2 heterocycles. The van der Waals surface area contributed by atoms with Gasteiger partial charge in [0.2, 0.25) is 5.91 Å². The standard InChI is InChI=1S/C20H27FN4O2/c1-23(2)20(26)16-9-15(14-27-18-6-4-5-17(21)10-18)11-25(12-16)13-19-22-7-8-24(19)3/h4-8,10,15-16H,9,11-14H2,1-3H3/t15-,16+/m0/s1. The lowest BCUT2D eigenvalue weighted by atomic mass is 9.88. The van der Waals surface area contributed by atoms with Gasteiger partial charge in [0.05, 0.1) is 19.1 Å². The van der Waals surface area contributed by atoms with Gasteiger partial charge in [-0.15, -0.1) is 0 Å². The molecule has 1 aromatic heterocycles. The molecule has 0 aliphatic carbocycles. The molecule has 0 radical (unpaired) electrons. The van der Waals surface area contributed by atoms with Gasteiger partial charge in [0.25, 0.3) is 0 Å². The van der Waals surface area contributed by atoms with Crippen LogP contribution in [0.2, 0.25) is 0 Å². The summed E-state index contributed by atoms with van der Waals surface area (Å²) in [5.74, 6) is 1.43. The van der Waals surface area contributed by atoms with Gasteiger partial charge in [0.1, 0.15) is 17.4 Å². The highest BCUT2D eigenvalue weighted by molar-refractivity contribution is 5.78. The van der Waals surface area contributed by atoms with E-state index in [0.717, 1.165) is 18.8 Å². The number of likely N-dealkylation sites (tertiary alicyclic amines) is 1. The summed E-state index contributed by atoms with van der Waals surface area (Å²) in [5, 5.41) is 0. The van der Waals surface area contributed by atoms with Gasteiger partial charge in [0, 0.05) is 58.6 Å². The Balaban J connectivity index is 1.67. The summed E-state index contributed by atoms with van der Waals surface area (Å²) >= 11 is 0. The first-order valence-electron chi connectivity index (χ1n) is 9.20. The highest BCUT2D eigenvalue weighted by Gasteiger charge is 2.33. The molecule has 1 saturated heterocycles. The Kier molecular flexibility index (Phi) is 6.11. The maximum atomic E-state index is 13.4. The summed E-state index contributed by atoms with van der Waals surface area (Å²) in [5.41, 5.74) is 0. The fourth-order valence-corrected chi connectivity index (χ4v) is 3.62. The van der Waals surface area contributed by atoms with Crippen molar-refractivity contribution in [2.45, 2.75) is 13.0 Å². The van der Waals surface area contributed by atoms with E-state index in [-0.39, 0.29) is 23.6 Å². The van der Waals surface area contributed by atoms with Crippen LogP contribution in [0.5, 0.6) is 5.75 Å². The number of aryl methyl sites for hydroxylation is 1. The number of carbonyl (C=O) groups excluding carboxylic acids is 1. The SMILES string of the molecule is CN(C)C(=O)[C@@H]1C[C@H](COc2cccc(F)c2)CN(Cc2nccn2C)C1. The Morgan fingerprint density at radius 3 is 2.85 bits per heavy atom. The Labute approximate surface area is 159 Å². The molecule has 27 heavy (non-hydrogen) atoms. The Morgan fingerprint density at radius 2 is 2.19 bits per heavy atom. The van der Waals surface area contributed by atoms with E-state index in [1.54, 1.807) is 37.3 Å². The molecule has 0 unspecified atom stereocenters. The smallest absolute Gasteiger partial charge is 0.226 e. The number of halogens is 1. The zero-order valence-electron chi connectivity index (χ0n) is 16.1. The maximum Gasteiger partial charge on any atom is 0.226 e. The van der Waals surface area contributed by atoms with Crippen LogP contribution in [0.25, 0.3) is 0 Å². The highest BCUT2D eigenvalue weighted by Crippen LogP contribution is 2.25. The third-order valence-electron chi connectivity index (χ3n) is 4.97. The van der Waals surface area contributed by atoms with E-state index in [1.807, 2.05) is 17.8 Å². The predicted octanol–water partition coefficient (Wildman–Crippen LogP) is 2.16. The van der Waals surface area contributed by atoms with E-state index in [4.69, 9.17) is 4.74 Å². The number of imidazole rings is 1.